The Kier molecular flexibility index (Phi) is 6.72. The van der Waals surface area contributed by atoms with Crippen LogP contribution in [0.4, 0.5) is 0 Å². The third-order valence-corrected chi connectivity index (χ3v) is 5.58. The Hall–Kier alpha value is -2.44. The van der Waals surface area contributed by atoms with Gasteiger partial charge in [-0.3, -0.25) is 0 Å². The second-order valence-corrected chi connectivity index (χ2v) is 7.27. The molecule has 1 aliphatic carbocycles. The summed E-state index contributed by atoms with van der Waals surface area (Å²) >= 11 is 0. The van der Waals surface area contributed by atoms with Gasteiger partial charge in [-0.25, -0.2) is 14.8 Å². The van der Waals surface area contributed by atoms with E-state index in [0.717, 1.165) is 23.6 Å². The van der Waals surface area contributed by atoms with E-state index in [1.54, 1.807) is 6.92 Å². The average molecular weight is 441 g/mol. The van der Waals surface area contributed by atoms with Gasteiger partial charge in [0.25, 0.3) is 0 Å². The molecular weight excluding hydrogens is 423 g/mol. The predicted octanol–water partition coefficient (Wildman–Crippen LogP) is -1.22. The second kappa shape index (κ2) is 8.97. The molecule has 3 aromatic carbocycles. The number of aryl methyl sites for hydroxylation is 3. The maximum absolute atomic E-state index is 11.5. The van der Waals surface area contributed by atoms with E-state index in [-0.39, 0.29) is 53.4 Å². The van der Waals surface area contributed by atoms with Gasteiger partial charge in [0.1, 0.15) is 11.5 Å². The molecule has 0 fully saturated rings. The Morgan fingerprint density at radius 1 is 0.871 bits per heavy atom. The fourth-order valence-corrected chi connectivity index (χ4v) is 4.31. The molecule has 0 radical (unpaired) electrons. The molecule has 31 heavy (non-hydrogen) atoms. The van der Waals surface area contributed by atoms with Gasteiger partial charge in [0.05, 0.1) is 0 Å². The zero-order chi connectivity index (χ0) is 20.1. The minimum Gasteiger partial charge on any atom is -1.00 e. The summed E-state index contributed by atoms with van der Waals surface area (Å²) in [7, 11) is 0. The molecule has 7 heteroatoms. The zero-order valence-corrected chi connectivity index (χ0v) is 19.9. The van der Waals surface area contributed by atoms with E-state index < -0.39 is 11.7 Å². The van der Waals surface area contributed by atoms with Crippen LogP contribution in [0.25, 0.3) is 33.2 Å². The van der Waals surface area contributed by atoms with Crippen molar-refractivity contribution in [2.45, 2.75) is 19.8 Å². The van der Waals surface area contributed by atoms with Crippen LogP contribution in [0.2, 0.25) is 0 Å². The van der Waals surface area contributed by atoms with Gasteiger partial charge in [-0.05, 0) is 52.8 Å². The van der Waals surface area contributed by atoms with E-state index in [4.69, 9.17) is 0 Å². The van der Waals surface area contributed by atoms with Crippen molar-refractivity contribution in [1.29, 1.82) is 0 Å². The minimum absolute atomic E-state index is 0. The van der Waals surface area contributed by atoms with Crippen molar-refractivity contribution in [2.75, 3.05) is 0 Å². The number of carbonyl (C=O) groups is 1. The number of fused-ring (bicyclic) bond motifs is 5. The normalized spacial score (nSPS) is 11.6. The summed E-state index contributed by atoms with van der Waals surface area (Å²) in [6, 6.07) is 18.5. The van der Waals surface area contributed by atoms with E-state index >= 15 is 0 Å². The number of nitrogens with zero attached hydrogens (tertiary/aromatic N) is 2. The molecule has 0 unspecified atom stereocenters. The van der Waals surface area contributed by atoms with E-state index in [9.17, 15) is 15.0 Å². The zero-order valence-electron chi connectivity index (χ0n) is 17.2. The van der Waals surface area contributed by atoms with Gasteiger partial charge in [-0.2, -0.15) is 0 Å². The molecule has 2 N–H and O–H groups in total. The Morgan fingerprint density at radius 3 is 2.39 bits per heavy atom. The standard InChI is InChI=1S/C24H18N2O3.ClH.Na/c1-13-25-21(23(27)22(26-13)24(28)29)20-8-4-7-16-18-10-9-14-5-2-3-6-15(14)17(18)11-12-19(16)20;;/h2-8,11-12,27H,9-10H2,1H3,(H,28,29);1H;/q;;+1/p-1. The molecule has 150 valence electrons. The van der Waals surface area contributed by atoms with Gasteiger partial charge >= 0.3 is 35.5 Å². The third kappa shape index (κ3) is 3.83. The van der Waals surface area contributed by atoms with Crippen LogP contribution in [0.5, 0.6) is 5.75 Å². The summed E-state index contributed by atoms with van der Waals surface area (Å²) in [6.45, 7) is 1.62. The largest absolute Gasteiger partial charge is 1.00 e. The maximum Gasteiger partial charge on any atom is 1.00 e. The van der Waals surface area contributed by atoms with Gasteiger partial charge in [-0.1, -0.05) is 54.6 Å². The van der Waals surface area contributed by atoms with Crippen molar-refractivity contribution in [3.63, 3.8) is 0 Å². The predicted molar refractivity (Wildman–Crippen MR) is 111 cm³/mol. The number of aromatic hydroxyl groups is 1. The molecule has 4 aromatic rings. The van der Waals surface area contributed by atoms with Crippen molar-refractivity contribution in [2.24, 2.45) is 0 Å². The van der Waals surface area contributed by atoms with Crippen LogP contribution in [0, 0.1) is 6.92 Å². The summed E-state index contributed by atoms with van der Waals surface area (Å²) in [5, 5.41) is 22.0. The van der Waals surface area contributed by atoms with Crippen LogP contribution in [-0.2, 0) is 12.8 Å². The first-order valence-electron chi connectivity index (χ1n) is 9.48. The van der Waals surface area contributed by atoms with Crippen LogP contribution < -0.4 is 42.0 Å². The van der Waals surface area contributed by atoms with Crippen LogP contribution in [-0.4, -0.2) is 26.2 Å². The number of aromatic nitrogens is 2. The Bertz CT molecular complexity index is 1320. The van der Waals surface area contributed by atoms with E-state index in [1.807, 2.05) is 18.2 Å². The fourth-order valence-electron chi connectivity index (χ4n) is 4.31. The first kappa shape index (κ1) is 23.2. The van der Waals surface area contributed by atoms with Crippen molar-refractivity contribution < 1.29 is 57.0 Å². The molecule has 0 spiro atoms. The molecule has 5 rings (SSSR count). The van der Waals surface area contributed by atoms with E-state index in [1.165, 1.54) is 22.3 Å². The monoisotopic (exact) mass is 440 g/mol. The fraction of sp³-hybridized carbons (Fsp3) is 0.125. The first-order chi connectivity index (χ1) is 14.0. The molecule has 5 nitrogen and oxygen atoms in total. The van der Waals surface area contributed by atoms with Crippen LogP contribution >= 0.6 is 0 Å². The maximum atomic E-state index is 11.5. The summed E-state index contributed by atoms with van der Waals surface area (Å²) in [6.07, 6.45) is 1.91. The third-order valence-electron chi connectivity index (χ3n) is 5.58. The van der Waals surface area contributed by atoms with Gasteiger partial charge in [0.15, 0.2) is 11.4 Å². The summed E-state index contributed by atoms with van der Waals surface area (Å²) < 4.78 is 0. The summed E-state index contributed by atoms with van der Waals surface area (Å²) in [5.74, 6) is -1.37. The Labute approximate surface area is 207 Å². The van der Waals surface area contributed by atoms with Crippen LogP contribution in [0.15, 0.2) is 54.6 Å². The topological polar surface area (TPSA) is 83.3 Å². The first-order valence-corrected chi connectivity index (χ1v) is 9.48. The van der Waals surface area contributed by atoms with Gasteiger partial charge in [-0.15, -0.1) is 0 Å². The summed E-state index contributed by atoms with van der Waals surface area (Å²) in [5.41, 5.74) is 5.68. The SMILES string of the molecule is Cc1nc(C(=O)O)c(O)c(-c2cccc3c4c(ccc23)-c2ccccc2CC4)n1.[Cl-].[Na+]. The van der Waals surface area contributed by atoms with E-state index in [0.29, 0.717) is 11.4 Å². The number of hydrogen-bond donors (Lipinski definition) is 2. The number of aromatic carboxylic acids is 1. The molecule has 1 heterocycles. The number of rotatable bonds is 2. The molecule has 0 aliphatic heterocycles. The molecule has 0 atom stereocenters. The molecule has 0 amide bonds. The molecule has 0 bridgehead atoms. The number of carboxylic acid groups (broad SMARTS) is 1. The minimum atomic E-state index is -1.27. The van der Waals surface area contributed by atoms with Crippen molar-refractivity contribution in [3.05, 3.63) is 77.2 Å². The second-order valence-electron chi connectivity index (χ2n) is 7.27. The van der Waals surface area contributed by atoms with Crippen molar-refractivity contribution in [1.82, 2.24) is 9.97 Å². The van der Waals surface area contributed by atoms with Crippen molar-refractivity contribution >= 4 is 16.7 Å². The Morgan fingerprint density at radius 2 is 1.61 bits per heavy atom. The molecule has 0 saturated heterocycles. The number of benzene rings is 3. The van der Waals surface area contributed by atoms with Crippen LogP contribution in [0.1, 0.15) is 27.4 Å². The van der Waals surface area contributed by atoms with Gasteiger partial charge < -0.3 is 22.6 Å². The Balaban J connectivity index is 0.00000136. The molecule has 1 aliphatic rings. The average Bonchev–Trinajstić information content (AvgIpc) is 2.74. The van der Waals surface area contributed by atoms with Crippen molar-refractivity contribution in [3.8, 4) is 28.1 Å². The number of carboxylic acids is 1. The number of halogens is 1. The van der Waals surface area contributed by atoms with Gasteiger partial charge in [0.2, 0.25) is 0 Å². The summed E-state index contributed by atoms with van der Waals surface area (Å²) in [4.78, 5) is 19.7. The molecule has 1 aromatic heterocycles. The molecular formula is C24H18ClN2NaO3. The smallest absolute Gasteiger partial charge is 1.00 e. The number of hydrogen-bond acceptors (Lipinski definition) is 4. The molecule has 0 saturated carbocycles. The van der Waals surface area contributed by atoms with Gasteiger partial charge in [0, 0.05) is 5.56 Å². The quantitative estimate of drug-likeness (QED) is 0.382. The van der Waals surface area contributed by atoms with E-state index in [2.05, 4.69) is 46.4 Å². The van der Waals surface area contributed by atoms with Crippen LogP contribution in [0.3, 0.4) is 0 Å².